The number of anilines is 1. The lowest BCUT2D eigenvalue weighted by Gasteiger charge is -2.35. The molecule has 0 radical (unpaired) electrons. The van der Waals surface area contributed by atoms with Crippen molar-refractivity contribution in [2.75, 3.05) is 11.9 Å². The number of rotatable bonds is 4. The molecule has 4 nitrogen and oxygen atoms in total. The van der Waals surface area contributed by atoms with Crippen LogP contribution >= 0.6 is 0 Å². The van der Waals surface area contributed by atoms with Crippen molar-refractivity contribution in [2.45, 2.75) is 52.5 Å². The molecule has 0 aromatic carbocycles. The first-order valence-corrected chi connectivity index (χ1v) is 7.50. The number of amides is 1. The minimum Gasteiger partial charge on any atom is -0.385 e. The van der Waals surface area contributed by atoms with Crippen LogP contribution < -0.4 is 10.6 Å². The normalized spacial score (nSPS) is 21.2. The third-order valence-electron chi connectivity index (χ3n) is 3.97. The molecular weight excluding hydrogens is 250 g/mol. The van der Waals surface area contributed by atoms with Crippen molar-refractivity contribution in [1.82, 2.24) is 10.3 Å². The van der Waals surface area contributed by atoms with Crippen molar-refractivity contribution in [3.8, 4) is 0 Å². The summed E-state index contributed by atoms with van der Waals surface area (Å²) in [6.45, 7) is 7.37. The summed E-state index contributed by atoms with van der Waals surface area (Å²) in [7, 11) is 0. The molecule has 1 saturated carbocycles. The fraction of sp³-hybridized carbons (Fsp3) is 0.625. The fourth-order valence-electron chi connectivity index (χ4n) is 3.00. The third kappa shape index (κ3) is 3.71. The molecular formula is C16H25N3O. The summed E-state index contributed by atoms with van der Waals surface area (Å²) >= 11 is 0. The molecule has 2 N–H and O–H groups in total. The molecule has 1 amide bonds. The van der Waals surface area contributed by atoms with Gasteiger partial charge in [0.25, 0.3) is 5.91 Å². The predicted octanol–water partition coefficient (Wildman–Crippen LogP) is 3.21. The lowest BCUT2D eigenvalue weighted by molar-refractivity contribution is 0.0903. The van der Waals surface area contributed by atoms with Crippen LogP contribution in [-0.2, 0) is 0 Å². The summed E-state index contributed by atoms with van der Waals surface area (Å²) < 4.78 is 0. The fourth-order valence-corrected chi connectivity index (χ4v) is 3.00. The van der Waals surface area contributed by atoms with Crippen LogP contribution in [0.15, 0.2) is 18.5 Å². The number of carbonyl (C=O) groups excluding carboxylic acids is 1. The van der Waals surface area contributed by atoms with Gasteiger partial charge < -0.3 is 10.6 Å². The topological polar surface area (TPSA) is 54.0 Å². The first-order valence-electron chi connectivity index (χ1n) is 7.50. The lowest BCUT2D eigenvalue weighted by atomic mass is 9.75. The number of nitrogens with one attached hydrogen (secondary N) is 2. The summed E-state index contributed by atoms with van der Waals surface area (Å²) in [5, 5.41) is 6.38. The van der Waals surface area contributed by atoms with Crippen molar-refractivity contribution in [3.05, 3.63) is 24.0 Å². The Bertz CT molecular complexity index is 471. The molecule has 0 bridgehead atoms. The Kier molecular flexibility index (Phi) is 4.63. The van der Waals surface area contributed by atoms with Gasteiger partial charge in [-0.25, -0.2) is 0 Å². The van der Waals surface area contributed by atoms with E-state index in [1.807, 2.05) is 13.0 Å². The molecule has 1 atom stereocenters. The van der Waals surface area contributed by atoms with Crippen LogP contribution in [0.1, 0.15) is 56.8 Å². The Balaban J connectivity index is 2.05. The second-order valence-corrected chi connectivity index (χ2v) is 6.38. The van der Waals surface area contributed by atoms with E-state index in [9.17, 15) is 4.79 Å². The van der Waals surface area contributed by atoms with Gasteiger partial charge >= 0.3 is 0 Å². The Labute approximate surface area is 121 Å². The van der Waals surface area contributed by atoms with Crippen LogP contribution in [-0.4, -0.2) is 23.5 Å². The van der Waals surface area contributed by atoms with E-state index in [0.29, 0.717) is 11.0 Å². The maximum atomic E-state index is 12.4. The van der Waals surface area contributed by atoms with E-state index in [1.54, 1.807) is 12.4 Å². The average molecular weight is 275 g/mol. The van der Waals surface area contributed by atoms with E-state index in [4.69, 9.17) is 0 Å². The highest BCUT2D eigenvalue weighted by molar-refractivity contribution is 5.99. The molecule has 0 saturated heterocycles. The summed E-state index contributed by atoms with van der Waals surface area (Å²) in [6.07, 6.45) is 7.90. The lowest BCUT2D eigenvalue weighted by Crippen LogP contribution is -2.40. The number of hydrogen-bond acceptors (Lipinski definition) is 3. The van der Waals surface area contributed by atoms with Crippen LogP contribution in [0.3, 0.4) is 0 Å². The predicted molar refractivity (Wildman–Crippen MR) is 81.9 cm³/mol. The van der Waals surface area contributed by atoms with Gasteiger partial charge in [-0.05, 0) is 37.7 Å². The van der Waals surface area contributed by atoms with Crippen molar-refractivity contribution < 1.29 is 4.79 Å². The molecule has 1 aliphatic carbocycles. The second-order valence-electron chi connectivity index (χ2n) is 6.38. The molecule has 2 rings (SSSR count). The zero-order valence-electron chi connectivity index (χ0n) is 12.7. The number of pyridine rings is 1. The third-order valence-corrected chi connectivity index (χ3v) is 3.97. The van der Waals surface area contributed by atoms with Gasteiger partial charge in [0.1, 0.15) is 0 Å². The Morgan fingerprint density at radius 1 is 1.50 bits per heavy atom. The van der Waals surface area contributed by atoms with Gasteiger partial charge in [0.15, 0.2) is 0 Å². The van der Waals surface area contributed by atoms with E-state index < -0.39 is 0 Å². The van der Waals surface area contributed by atoms with E-state index in [-0.39, 0.29) is 11.9 Å². The summed E-state index contributed by atoms with van der Waals surface area (Å²) in [5.74, 6) is -0.0169. The van der Waals surface area contributed by atoms with Crippen LogP contribution in [0.5, 0.6) is 0 Å². The van der Waals surface area contributed by atoms with Crippen molar-refractivity contribution in [2.24, 2.45) is 5.41 Å². The molecule has 4 heteroatoms. The van der Waals surface area contributed by atoms with Gasteiger partial charge in [0.05, 0.1) is 11.3 Å². The summed E-state index contributed by atoms with van der Waals surface area (Å²) in [4.78, 5) is 16.5. The second kappa shape index (κ2) is 6.25. The molecule has 1 heterocycles. The largest absolute Gasteiger partial charge is 0.385 e. The van der Waals surface area contributed by atoms with E-state index in [1.165, 1.54) is 12.8 Å². The first kappa shape index (κ1) is 14.8. The number of nitrogens with zero attached hydrogens (tertiary/aromatic N) is 1. The number of carbonyl (C=O) groups is 1. The van der Waals surface area contributed by atoms with Gasteiger partial charge in [-0.1, -0.05) is 20.3 Å². The molecule has 0 spiro atoms. The summed E-state index contributed by atoms with van der Waals surface area (Å²) in [5.41, 5.74) is 1.82. The minimum atomic E-state index is -0.0169. The van der Waals surface area contributed by atoms with Crippen LogP contribution in [0, 0.1) is 5.41 Å². The highest BCUT2D eigenvalue weighted by Crippen LogP contribution is 2.35. The number of hydrogen-bond donors (Lipinski definition) is 2. The van der Waals surface area contributed by atoms with Crippen LogP contribution in [0.2, 0.25) is 0 Å². The maximum Gasteiger partial charge on any atom is 0.255 e. The number of aromatic nitrogens is 1. The molecule has 1 fully saturated rings. The monoisotopic (exact) mass is 275 g/mol. The van der Waals surface area contributed by atoms with Gasteiger partial charge in [0.2, 0.25) is 0 Å². The zero-order chi connectivity index (χ0) is 14.6. The standard InChI is InChI=1S/C16H25N3O/c1-4-18-14-7-9-17-11-13(14)15(20)19-12-6-5-8-16(2,3)10-12/h7,9,11-12H,4-6,8,10H2,1-3H3,(H,17,18)(H,19,20). The minimum absolute atomic E-state index is 0.0169. The van der Waals surface area contributed by atoms with Gasteiger partial charge in [0, 0.05) is 25.0 Å². The van der Waals surface area contributed by atoms with E-state index in [0.717, 1.165) is 25.1 Å². The average Bonchev–Trinajstić information content (AvgIpc) is 2.38. The molecule has 1 aromatic heterocycles. The zero-order valence-corrected chi connectivity index (χ0v) is 12.7. The quantitative estimate of drug-likeness (QED) is 0.887. The molecule has 1 unspecified atom stereocenters. The molecule has 20 heavy (non-hydrogen) atoms. The van der Waals surface area contributed by atoms with Gasteiger partial charge in [-0.3, -0.25) is 9.78 Å². The maximum absolute atomic E-state index is 12.4. The van der Waals surface area contributed by atoms with Crippen LogP contribution in [0.25, 0.3) is 0 Å². The Morgan fingerprint density at radius 3 is 3.00 bits per heavy atom. The first-order chi connectivity index (χ1) is 9.52. The van der Waals surface area contributed by atoms with Crippen LogP contribution in [0.4, 0.5) is 5.69 Å². The van der Waals surface area contributed by atoms with Gasteiger partial charge in [-0.15, -0.1) is 0 Å². The molecule has 110 valence electrons. The summed E-state index contributed by atoms with van der Waals surface area (Å²) in [6, 6.07) is 2.13. The smallest absolute Gasteiger partial charge is 0.255 e. The molecule has 1 aliphatic rings. The highest BCUT2D eigenvalue weighted by atomic mass is 16.1. The van der Waals surface area contributed by atoms with Crippen molar-refractivity contribution in [1.29, 1.82) is 0 Å². The van der Waals surface area contributed by atoms with E-state index >= 15 is 0 Å². The highest BCUT2D eigenvalue weighted by Gasteiger charge is 2.29. The van der Waals surface area contributed by atoms with Gasteiger partial charge in [-0.2, -0.15) is 0 Å². The SMILES string of the molecule is CCNc1ccncc1C(=O)NC1CCCC(C)(C)C1. The Morgan fingerprint density at radius 2 is 2.30 bits per heavy atom. The Hall–Kier alpha value is -1.58. The molecule has 0 aliphatic heterocycles. The van der Waals surface area contributed by atoms with Crippen molar-refractivity contribution in [3.63, 3.8) is 0 Å². The van der Waals surface area contributed by atoms with E-state index in [2.05, 4.69) is 29.5 Å². The van der Waals surface area contributed by atoms with Crippen molar-refractivity contribution >= 4 is 11.6 Å². The molecule has 1 aromatic rings.